The van der Waals surface area contributed by atoms with Gasteiger partial charge >= 0.3 is 0 Å². The van der Waals surface area contributed by atoms with Gasteiger partial charge < -0.3 is 10.2 Å². The molecule has 2 aromatic carbocycles. The molecule has 0 atom stereocenters. The predicted molar refractivity (Wildman–Crippen MR) is 108 cm³/mol. The number of nitrogens with zero attached hydrogens (tertiary/aromatic N) is 3. The van der Waals surface area contributed by atoms with E-state index in [0.717, 1.165) is 24.1 Å². The van der Waals surface area contributed by atoms with Gasteiger partial charge in [-0.15, -0.1) is 0 Å². The van der Waals surface area contributed by atoms with E-state index in [1.807, 2.05) is 53.4 Å². The van der Waals surface area contributed by atoms with E-state index >= 15 is 0 Å². The lowest BCUT2D eigenvalue weighted by molar-refractivity contribution is 0.0952. The predicted octanol–water partition coefficient (Wildman–Crippen LogP) is 4.34. The summed E-state index contributed by atoms with van der Waals surface area (Å²) in [5.41, 5.74) is 2.63. The van der Waals surface area contributed by atoms with Gasteiger partial charge in [-0.3, -0.25) is 4.79 Å². The Balaban J connectivity index is 1.81. The van der Waals surface area contributed by atoms with E-state index < -0.39 is 0 Å². The van der Waals surface area contributed by atoms with Crippen LogP contribution in [0.3, 0.4) is 0 Å². The van der Waals surface area contributed by atoms with Crippen molar-refractivity contribution >= 4 is 17.5 Å². The first-order valence-electron chi connectivity index (χ1n) is 9.24. The highest BCUT2D eigenvalue weighted by Gasteiger charge is 2.14. The molecule has 0 unspecified atom stereocenters. The molecule has 5 heteroatoms. The normalized spacial score (nSPS) is 10.4. The molecule has 0 aliphatic carbocycles. The SMILES string of the molecule is CCCCNC(=O)c1cnc(N(Cc2ccccc2)c2ccccc2)nc1. The first-order valence-corrected chi connectivity index (χ1v) is 9.24. The van der Waals surface area contributed by atoms with Gasteiger partial charge in [0.2, 0.25) is 5.95 Å². The van der Waals surface area contributed by atoms with Gasteiger partial charge in [-0.25, -0.2) is 9.97 Å². The molecular formula is C22H24N4O. The molecule has 3 aromatic rings. The number of hydrogen-bond donors (Lipinski definition) is 1. The molecule has 0 spiro atoms. The molecule has 0 radical (unpaired) electrons. The fourth-order valence-corrected chi connectivity index (χ4v) is 2.71. The Hall–Kier alpha value is -3.21. The summed E-state index contributed by atoms with van der Waals surface area (Å²) >= 11 is 0. The monoisotopic (exact) mass is 360 g/mol. The Labute approximate surface area is 160 Å². The van der Waals surface area contributed by atoms with Gasteiger partial charge in [0.15, 0.2) is 0 Å². The number of unbranched alkanes of at least 4 members (excludes halogenated alkanes) is 1. The van der Waals surface area contributed by atoms with E-state index in [4.69, 9.17) is 0 Å². The fourth-order valence-electron chi connectivity index (χ4n) is 2.71. The highest BCUT2D eigenvalue weighted by molar-refractivity contribution is 5.93. The minimum Gasteiger partial charge on any atom is -0.352 e. The summed E-state index contributed by atoms with van der Waals surface area (Å²) < 4.78 is 0. The lowest BCUT2D eigenvalue weighted by atomic mass is 10.2. The van der Waals surface area contributed by atoms with Crippen molar-refractivity contribution in [2.45, 2.75) is 26.3 Å². The van der Waals surface area contributed by atoms with Crippen LogP contribution in [0, 0.1) is 0 Å². The summed E-state index contributed by atoms with van der Waals surface area (Å²) in [5, 5.41) is 2.89. The minimum absolute atomic E-state index is 0.135. The van der Waals surface area contributed by atoms with Crippen LogP contribution in [-0.4, -0.2) is 22.4 Å². The molecule has 0 aliphatic heterocycles. The van der Waals surface area contributed by atoms with Gasteiger partial charge in [0.25, 0.3) is 5.91 Å². The number of benzene rings is 2. The Bertz CT molecular complexity index is 835. The van der Waals surface area contributed by atoms with Crippen molar-refractivity contribution in [1.29, 1.82) is 0 Å². The Morgan fingerprint density at radius 1 is 0.963 bits per heavy atom. The van der Waals surface area contributed by atoms with Crippen LogP contribution in [0.15, 0.2) is 73.1 Å². The van der Waals surface area contributed by atoms with Gasteiger partial charge in [-0.2, -0.15) is 0 Å². The highest BCUT2D eigenvalue weighted by atomic mass is 16.1. The lowest BCUT2D eigenvalue weighted by Gasteiger charge is -2.23. The van der Waals surface area contributed by atoms with Crippen molar-refractivity contribution < 1.29 is 4.79 Å². The maximum absolute atomic E-state index is 12.2. The van der Waals surface area contributed by atoms with Gasteiger partial charge in [0.05, 0.1) is 12.1 Å². The summed E-state index contributed by atoms with van der Waals surface area (Å²) in [6.07, 6.45) is 5.18. The molecule has 1 aromatic heterocycles. The quantitative estimate of drug-likeness (QED) is 0.607. The Morgan fingerprint density at radius 3 is 2.22 bits per heavy atom. The molecule has 27 heavy (non-hydrogen) atoms. The number of aromatic nitrogens is 2. The van der Waals surface area contributed by atoms with Crippen LogP contribution in [0.1, 0.15) is 35.7 Å². The Morgan fingerprint density at radius 2 is 1.59 bits per heavy atom. The summed E-state index contributed by atoms with van der Waals surface area (Å²) in [6.45, 7) is 3.41. The number of amides is 1. The largest absolute Gasteiger partial charge is 0.352 e. The smallest absolute Gasteiger partial charge is 0.254 e. The maximum atomic E-state index is 12.2. The van der Waals surface area contributed by atoms with E-state index in [2.05, 4.69) is 34.3 Å². The third-order valence-corrected chi connectivity index (χ3v) is 4.21. The van der Waals surface area contributed by atoms with Crippen LogP contribution >= 0.6 is 0 Å². The van der Waals surface area contributed by atoms with Crippen molar-refractivity contribution in [1.82, 2.24) is 15.3 Å². The zero-order valence-corrected chi connectivity index (χ0v) is 15.5. The number of carbonyl (C=O) groups is 1. The third kappa shape index (κ3) is 5.14. The van der Waals surface area contributed by atoms with Crippen molar-refractivity contribution in [3.05, 3.63) is 84.2 Å². The number of carbonyl (C=O) groups excluding carboxylic acids is 1. The molecule has 0 saturated heterocycles. The summed E-state index contributed by atoms with van der Waals surface area (Å²) in [6, 6.07) is 20.2. The molecule has 0 saturated carbocycles. The topological polar surface area (TPSA) is 58.1 Å². The van der Waals surface area contributed by atoms with Crippen molar-refractivity contribution in [3.63, 3.8) is 0 Å². The molecule has 1 heterocycles. The zero-order valence-electron chi connectivity index (χ0n) is 15.5. The molecule has 1 N–H and O–H groups in total. The molecule has 3 rings (SSSR count). The average Bonchev–Trinajstić information content (AvgIpc) is 2.74. The van der Waals surface area contributed by atoms with E-state index in [-0.39, 0.29) is 5.91 Å². The Kier molecular flexibility index (Phi) is 6.52. The van der Waals surface area contributed by atoms with E-state index in [1.165, 1.54) is 0 Å². The standard InChI is InChI=1S/C22H24N4O/c1-2-3-14-23-21(27)19-15-24-22(25-16-19)26(20-12-8-5-9-13-20)17-18-10-6-4-7-11-18/h4-13,15-16H,2-3,14,17H2,1H3,(H,23,27). The van der Waals surface area contributed by atoms with Crippen LogP contribution < -0.4 is 10.2 Å². The third-order valence-electron chi connectivity index (χ3n) is 4.21. The van der Waals surface area contributed by atoms with Gasteiger partial charge in [-0.05, 0) is 24.1 Å². The van der Waals surface area contributed by atoms with E-state index in [0.29, 0.717) is 24.6 Å². The second-order valence-corrected chi connectivity index (χ2v) is 6.29. The van der Waals surface area contributed by atoms with Crippen LogP contribution in [-0.2, 0) is 6.54 Å². The maximum Gasteiger partial charge on any atom is 0.254 e. The first-order chi connectivity index (χ1) is 13.3. The number of nitrogens with one attached hydrogen (secondary N) is 1. The van der Waals surface area contributed by atoms with Crippen LogP contribution in [0.25, 0.3) is 0 Å². The summed E-state index contributed by atoms with van der Waals surface area (Å²) in [4.78, 5) is 23.1. The number of rotatable bonds is 8. The lowest BCUT2D eigenvalue weighted by Crippen LogP contribution is -2.25. The fraction of sp³-hybridized carbons (Fsp3) is 0.227. The van der Waals surface area contributed by atoms with E-state index in [1.54, 1.807) is 12.4 Å². The number of anilines is 2. The van der Waals surface area contributed by atoms with Crippen molar-refractivity contribution in [2.24, 2.45) is 0 Å². The summed E-state index contributed by atoms with van der Waals surface area (Å²) in [7, 11) is 0. The minimum atomic E-state index is -0.135. The van der Waals surface area contributed by atoms with Gasteiger partial charge in [0, 0.05) is 24.6 Å². The molecule has 5 nitrogen and oxygen atoms in total. The second-order valence-electron chi connectivity index (χ2n) is 6.29. The van der Waals surface area contributed by atoms with Crippen LogP contribution in [0.4, 0.5) is 11.6 Å². The molecule has 0 fully saturated rings. The average molecular weight is 360 g/mol. The van der Waals surface area contributed by atoms with E-state index in [9.17, 15) is 4.79 Å². The molecular weight excluding hydrogens is 336 g/mol. The first kappa shape index (κ1) is 18.6. The van der Waals surface area contributed by atoms with Gasteiger partial charge in [0.1, 0.15) is 0 Å². The van der Waals surface area contributed by atoms with Crippen LogP contribution in [0.2, 0.25) is 0 Å². The van der Waals surface area contributed by atoms with Crippen molar-refractivity contribution in [3.8, 4) is 0 Å². The van der Waals surface area contributed by atoms with Crippen LogP contribution in [0.5, 0.6) is 0 Å². The zero-order chi connectivity index (χ0) is 18.9. The molecule has 0 aliphatic rings. The molecule has 0 bridgehead atoms. The van der Waals surface area contributed by atoms with Crippen molar-refractivity contribution in [2.75, 3.05) is 11.4 Å². The second kappa shape index (κ2) is 9.48. The highest BCUT2D eigenvalue weighted by Crippen LogP contribution is 2.24. The number of hydrogen-bond acceptors (Lipinski definition) is 4. The van der Waals surface area contributed by atoms with Gasteiger partial charge in [-0.1, -0.05) is 61.9 Å². The molecule has 1 amide bonds. The summed E-state index contributed by atoms with van der Waals surface area (Å²) in [5.74, 6) is 0.430. The molecule has 138 valence electrons. The number of para-hydroxylation sites is 1.